The number of amides is 1. The number of carbonyl (C=O) groups is 2. The molecule has 5 nitrogen and oxygen atoms in total. The van der Waals surface area contributed by atoms with Gasteiger partial charge in [0.05, 0.1) is 17.3 Å². The van der Waals surface area contributed by atoms with Gasteiger partial charge in [-0.1, -0.05) is 54.7 Å². The van der Waals surface area contributed by atoms with E-state index in [1.54, 1.807) is 11.8 Å². The van der Waals surface area contributed by atoms with Crippen molar-refractivity contribution >= 4 is 28.8 Å². The van der Waals surface area contributed by atoms with Crippen molar-refractivity contribution in [1.82, 2.24) is 4.90 Å². The quantitative estimate of drug-likeness (QED) is 0.623. The standard InChI is InChI=1S/C18H18N2O3S/c1-3-10-23-17(22)15-12(2)19-18-20(14(21)9-11-24-18)16(15)13-7-5-4-6-8-13/h3-8,16H,1,9-11H2,2H3/t16-/m0/s1. The Morgan fingerprint density at radius 3 is 2.92 bits per heavy atom. The van der Waals surface area contributed by atoms with Crippen molar-refractivity contribution in [3.63, 3.8) is 0 Å². The molecule has 0 unspecified atom stereocenters. The fourth-order valence-electron chi connectivity index (χ4n) is 2.82. The van der Waals surface area contributed by atoms with Gasteiger partial charge in [0, 0.05) is 12.2 Å². The number of amidine groups is 1. The minimum Gasteiger partial charge on any atom is -0.458 e. The first-order chi connectivity index (χ1) is 11.6. The molecule has 124 valence electrons. The molecule has 1 saturated heterocycles. The lowest BCUT2D eigenvalue weighted by atomic mass is 9.94. The van der Waals surface area contributed by atoms with E-state index >= 15 is 0 Å². The van der Waals surface area contributed by atoms with Crippen molar-refractivity contribution in [2.45, 2.75) is 19.4 Å². The summed E-state index contributed by atoms with van der Waals surface area (Å²) in [5.74, 6) is 0.217. The average molecular weight is 342 g/mol. The highest BCUT2D eigenvalue weighted by atomic mass is 32.2. The number of rotatable bonds is 4. The van der Waals surface area contributed by atoms with E-state index in [9.17, 15) is 9.59 Å². The summed E-state index contributed by atoms with van der Waals surface area (Å²) >= 11 is 1.54. The fraction of sp³-hybridized carbons (Fsp3) is 0.278. The van der Waals surface area contributed by atoms with Crippen LogP contribution < -0.4 is 0 Å². The highest BCUT2D eigenvalue weighted by molar-refractivity contribution is 8.14. The van der Waals surface area contributed by atoms with E-state index in [1.165, 1.54) is 17.8 Å². The molecule has 1 amide bonds. The molecule has 6 heteroatoms. The second-order valence-corrected chi connectivity index (χ2v) is 6.52. The van der Waals surface area contributed by atoms with Gasteiger partial charge >= 0.3 is 5.97 Å². The van der Waals surface area contributed by atoms with E-state index in [2.05, 4.69) is 11.6 Å². The summed E-state index contributed by atoms with van der Waals surface area (Å²) in [6.07, 6.45) is 1.95. The fourth-order valence-corrected chi connectivity index (χ4v) is 3.83. The topological polar surface area (TPSA) is 59.0 Å². The first kappa shape index (κ1) is 16.5. The summed E-state index contributed by atoms with van der Waals surface area (Å²) in [6.45, 7) is 5.47. The van der Waals surface area contributed by atoms with Gasteiger partial charge < -0.3 is 4.74 Å². The molecule has 0 radical (unpaired) electrons. The van der Waals surface area contributed by atoms with E-state index in [0.717, 1.165) is 5.56 Å². The van der Waals surface area contributed by atoms with E-state index in [-0.39, 0.29) is 12.5 Å². The zero-order chi connectivity index (χ0) is 17.1. The van der Waals surface area contributed by atoms with Crippen LogP contribution in [0.2, 0.25) is 0 Å². The van der Waals surface area contributed by atoms with Crippen molar-refractivity contribution in [3.05, 3.63) is 59.8 Å². The van der Waals surface area contributed by atoms with E-state index < -0.39 is 12.0 Å². The Morgan fingerprint density at radius 1 is 1.46 bits per heavy atom. The highest BCUT2D eigenvalue weighted by Gasteiger charge is 2.41. The number of nitrogens with zero attached hydrogens (tertiary/aromatic N) is 2. The molecule has 0 aromatic heterocycles. The maximum Gasteiger partial charge on any atom is 0.338 e. The van der Waals surface area contributed by atoms with Gasteiger partial charge in [-0.3, -0.25) is 9.69 Å². The van der Waals surface area contributed by atoms with Crippen molar-refractivity contribution in [3.8, 4) is 0 Å². The number of thioether (sulfide) groups is 1. The molecule has 0 saturated carbocycles. The van der Waals surface area contributed by atoms with Gasteiger partial charge in [-0.05, 0) is 12.5 Å². The number of carbonyl (C=O) groups excluding carboxylic acids is 2. The molecule has 1 atom stereocenters. The largest absolute Gasteiger partial charge is 0.458 e. The van der Waals surface area contributed by atoms with Gasteiger partial charge in [0.1, 0.15) is 6.61 Å². The first-order valence-electron chi connectivity index (χ1n) is 7.70. The molecular formula is C18H18N2O3S. The second kappa shape index (κ2) is 7.05. The molecule has 0 spiro atoms. The van der Waals surface area contributed by atoms with Crippen LogP contribution in [0.25, 0.3) is 0 Å². The molecule has 2 heterocycles. The molecule has 24 heavy (non-hydrogen) atoms. The number of aliphatic imine (C=N–C) groups is 1. The SMILES string of the molecule is C=CCOC(=O)C1=C(C)N=C2SCCC(=O)N2[C@H]1c1ccccc1. The van der Waals surface area contributed by atoms with Crippen LogP contribution in [-0.2, 0) is 14.3 Å². The first-order valence-corrected chi connectivity index (χ1v) is 8.69. The van der Waals surface area contributed by atoms with Crippen molar-refractivity contribution in [2.75, 3.05) is 12.4 Å². The van der Waals surface area contributed by atoms with Crippen molar-refractivity contribution in [1.29, 1.82) is 0 Å². The van der Waals surface area contributed by atoms with Gasteiger partial charge in [-0.15, -0.1) is 0 Å². The summed E-state index contributed by atoms with van der Waals surface area (Å²) < 4.78 is 5.24. The normalized spacial score (nSPS) is 20.4. The molecule has 0 N–H and O–H groups in total. The van der Waals surface area contributed by atoms with Crippen LogP contribution in [0.4, 0.5) is 0 Å². The summed E-state index contributed by atoms with van der Waals surface area (Å²) in [5, 5.41) is 0.651. The Morgan fingerprint density at radius 2 is 2.21 bits per heavy atom. The molecule has 2 aliphatic rings. The van der Waals surface area contributed by atoms with Crippen LogP contribution in [0.15, 0.2) is 59.2 Å². The lowest BCUT2D eigenvalue weighted by molar-refractivity contribution is -0.139. The number of benzene rings is 1. The summed E-state index contributed by atoms with van der Waals surface area (Å²) in [5.41, 5.74) is 1.86. The van der Waals surface area contributed by atoms with Gasteiger partial charge in [0.2, 0.25) is 5.91 Å². The minimum absolute atomic E-state index is 0.0251. The molecule has 2 aliphatic heterocycles. The van der Waals surface area contributed by atoms with E-state index in [0.29, 0.717) is 28.6 Å². The number of esters is 1. The lowest BCUT2D eigenvalue weighted by Gasteiger charge is -2.38. The van der Waals surface area contributed by atoms with E-state index in [1.807, 2.05) is 30.3 Å². The predicted octanol–water partition coefficient (Wildman–Crippen LogP) is 3.07. The van der Waals surface area contributed by atoms with Crippen LogP contribution in [0.5, 0.6) is 0 Å². The van der Waals surface area contributed by atoms with Crippen LogP contribution in [0.3, 0.4) is 0 Å². The number of allylic oxidation sites excluding steroid dienone is 1. The molecule has 0 aliphatic carbocycles. The third-order valence-corrected chi connectivity index (χ3v) is 4.83. The van der Waals surface area contributed by atoms with Gasteiger partial charge in [0.25, 0.3) is 0 Å². The maximum absolute atomic E-state index is 12.6. The van der Waals surface area contributed by atoms with Crippen molar-refractivity contribution in [2.24, 2.45) is 4.99 Å². The molecular weight excluding hydrogens is 324 g/mol. The summed E-state index contributed by atoms with van der Waals surface area (Å²) in [7, 11) is 0. The lowest BCUT2D eigenvalue weighted by Crippen LogP contribution is -2.45. The number of hydrogen-bond acceptors (Lipinski definition) is 5. The average Bonchev–Trinajstić information content (AvgIpc) is 2.59. The molecule has 1 fully saturated rings. The molecule has 3 rings (SSSR count). The third-order valence-electron chi connectivity index (χ3n) is 3.87. The van der Waals surface area contributed by atoms with Crippen molar-refractivity contribution < 1.29 is 14.3 Å². The molecule has 0 bridgehead atoms. The number of fused-ring (bicyclic) bond motifs is 1. The zero-order valence-electron chi connectivity index (χ0n) is 13.4. The Kier molecular flexibility index (Phi) is 4.85. The Hall–Kier alpha value is -2.34. The van der Waals surface area contributed by atoms with E-state index in [4.69, 9.17) is 4.74 Å². The number of hydrogen-bond donors (Lipinski definition) is 0. The number of ether oxygens (including phenoxy) is 1. The van der Waals surface area contributed by atoms with Crippen LogP contribution in [-0.4, -0.2) is 34.3 Å². The van der Waals surface area contributed by atoms with Crippen LogP contribution >= 0.6 is 11.8 Å². The molecule has 1 aromatic rings. The minimum atomic E-state index is -0.503. The molecule has 1 aromatic carbocycles. The van der Waals surface area contributed by atoms with Gasteiger partial charge in [0.15, 0.2) is 5.17 Å². The summed E-state index contributed by atoms with van der Waals surface area (Å²) in [4.78, 5) is 31.2. The zero-order valence-corrected chi connectivity index (χ0v) is 14.2. The smallest absolute Gasteiger partial charge is 0.338 e. The Labute approximate surface area is 145 Å². The van der Waals surface area contributed by atoms with Gasteiger partial charge in [-0.2, -0.15) is 0 Å². The maximum atomic E-state index is 12.6. The van der Waals surface area contributed by atoms with Crippen LogP contribution in [0, 0.1) is 0 Å². The second-order valence-electron chi connectivity index (χ2n) is 5.46. The summed E-state index contributed by atoms with van der Waals surface area (Å²) in [6, 6.07) is 9.01. The predicted molar refractivity (Wildman–Crippen MR) is 94.4 cm³/mol. The van der Waals surface area contributed by atoms with Crippen LogP contribution in [0.1, 0.15) is 24.9 Å². The Bertz CT molecular complexity index is 740. The monoisotopic (exact) mass is 342 g/mol. The van der Waals surface area contributed by atoms with Gasteiger partial charge in [-0.25, -0.2) is 9.79 Å². The highest BCUT2D eigenvalue weighted by Crippen LogP contribution is 2.40. The Balaban J connectivity index is 2.10. The third kappa shape index (κ3) is 3.01.